The average molecular weight is 261 g/mol. The zero-order chi connectivity index (χ0) is 13.1. The Balaban J connectivity index is 1.76. The van der Waals surface area contributed by atoms with Gasteiger partial charge < -0.3 is 15.0 Å². The Morgan fingerprint density at radius 3 is 2.84 bits per heavy atom. The van der Waals surface area contributed by atoms with Crippen molar-refractivity contribution >= 4 is 5.82 Å². The summed E-state index contributed by atoms with van der Waals surface area (Å²) >= 11 is 0. The Bertz CT molecular complexity index is 423. The molecule has 0 aromatic carbocycles. The van der Waals surface area contributed by atoms with Gasteiger partial charge in [-0.1, -0.05) is 6.42 Å². The molecule has 0 saturated carbocycles. The fourth-order valence-corrected chi connectivity index (χ4v) is 3.00. The lowest BCUT2D eigenvalue weighted by molar-refractivity contribution is 0.122. The molecule has 3 rings (SSSR count). The van der Waals surface area contributed by atoms with Gasteiger partial charge in [-0.25, -0.2) is 4.98 Å². The van der Waals surface area contributed by atoms with E-state index in [0.29, 0.717) is 6.04 Å². The highest BCUT2D eigenvalue weighted by Gasteiger charge is 2.19. The lowest BCUT2D eigenvalue weighted by atomic mass is 9.96. The first-order chi connectivity index (χ1) is 9.34. The average Bonchev–Trinajstić information content (AvgIpc) is 2.49. The molecule has 1 N–H and O–H groups in total. The van der Waals surface area contributed by atoms with Gasteiger partial charge in [0.15, 0.2) is 0 Å². The second-order valence-corrected chi connectivity index (χ2v) is 5.50. The van der Waals surface area contributed by atoms with Crippen LogP contribution in [0.5, 0.6) is 0 Å². The van der Waals surface area contributed by atoms with Crippen LogP contribution in [-0.4, -0.2) is 37.8 Å². The van der Waals surface area contributed by atoms with Crippen molar-refractivity contribution in [1.29, 1.82) is 0 Å². The molecule has 0 spiro atoms. The van der Waals surface area contributed by atoms with E-state index < -0.39 is 0 Å². The first-order valence-corrected chi connectivity index (χ1v) is 7.37. The van der Waals surface area contributed by atoms with E-state index in [2.05, 4.69) is 34.4 Å². The summed E-state index contributed by atoms with van der Waals surface area (Å²) in [5, 5.41) is 3.60. The van der Waals surface area contributed by atoms with E-state index >= 15 is 0 Å². The Morgan fingerprint density at radius 2 is 2.16 bits per heavy atom. The second kappa shape index (κ2) is 5.88. The monoisotopic (exact) mass is 261 g/mol. The summed E-state index contributed by atoms with van der Waals surface area (Å²) in [5.74, 6) is 1.10. The van der Waals surface area contributed by atoms with Gasteiger partial charge in [-0.3, -0.25) is 0 Å². The van der Waals surface area contributed by atoms with Crippen LogP contribution >= 0.6 is 0 Å². The third-order valence-corrected chi connectivity index (χ3v) is 4.16. The topological polar surface area (TPSA) is 37.4 Å². The van der Waals surface area contributed by atoms with Gasteiger partial charge in [0, 0.05) is 25.3 Å². The van der Waals surface area contributed by atoms with Crippen LogP contribution in [0.4, 0.5) is 5.82 Å². The predicted octanol–water partition coefficient (Wildman–Crippen LogP) is 2.04. The van der Waals surface area contributed by atoms with Gasteiger partial charge >= 0.3 is 0 Å². The Morgan fingerprint density at radius 1 is 1.32 bits per heavy atom. The third-order valence-electron chi connectivity index (χ3n) is 4.16. The van der Waals surface area contributed by atoms with Crippen molar-refractivity contribution in [2.75, 3.05) is 37.7 Å². The largest absolute Gasteiger partial charge is 0.378 e. The van der Waals surface area contributed by atoms with Crippen molar-refractivity contribution in [1.82, 2.24) is 10.3 Å². The van der Waals surface area contributed by atoms with Crippen LogP contribution in [0.2, 0.25) is 0 Å². The Hall–Kier alpha value is -1.13. The molecule has 1 aromatic rings. The van der Waals surface area contributed by atoms with Crippen LogP contribution in [0.3, 0.4) is 0 Å². The molecule has 3 heterocycles. The summed E-state index contributed by atoms with van der Waals surface area (Å²) < 4.78 is 5.39. The number of nitrogens with one attached hydrogen (secondary N) is 1. The van der Waals surface area contributed by atoms with Crippen LogP contribution in [-0.2, 0) is 4.74 Å². The van der Waals surface area contributed by atoms with E-state index in [1.54, 1.807) is 0 Å². The van der Waals surface area contributed by atoms with Crippen molar-refractivity contribution < 1.29 is 4.74 Å². The highest BCUT2D eigenvalue weighted by atomic mass is 16.5. The van der Waals surface area contributed by atoms with E-state index in [1.165, 1.54) is 30.4 Å². The van der Waals surface area contributed by atoms with Crippen LogP contribution in [0.15, 0.2) is 12.3 Å². The van der Waals surface area contributed by atoms with Crippen molar-refractivity contribution in [2.45, 2.75) is 32.2 Å². The second-order valence-electron chi connectivity index (χ2n) is 5.50. The molecule has 0 bridgehead atoms. The Labute approximate surface area is 115 Å². The standard InChI is InChI=1S/C15H23N3O/c1-12-10-15(18-6-8-19-9-7-18)17-11-13(12)14-4-2-3-5-16-14/h10-11,14,16H,2-9H2,1H3. The minimum Gasteiger partial charge on any atom is -0.378 e. The molecule has 4 heteroatoms. The molecule has 2 saturated heterocycles. The zero-order valence-electron chi connectivity index (χ0n) is 11.7. The molecule has 0 radical (unpaired) electrons. The maximum absolute atomic E-state index is 5.39. The number of aryl methyl sites for hydroxylation is 1. The Kier molecular flexibility index (Phi) is 3.99. The molecule has 0 aliphatic carbocycles. The summed E-state index contributed by atoms with van der Waals surface area (Å²) in [6.45, 7) is 6.87. The fraction of sp³-hybridized carbons (Fsp3) is 0.667. The molecule has 104 valence electrons. The van der Waals surface area contributed by atoms with Crippen molar-refractivity contribution in [3.05, 3.63) is 23.4 Å². The van der Waals surface area contributed by atoms with Crippen molar-refractivity contribution in [2.24, 2.45) is 0 Å². The smallest absolute Gasteiger partial charge is 0.128 e. The highest BCUT2D eigenvalue weighted by Crippen LogP contribution is 2.27. The number of hydrogen-bond donors (Lipinski definition) is 1. The van der Waals surface area contributed by atoms with E-state index in [4.69, 9.17) is 4.74 Å². The van der Waals surface area contributed by atoms with Crippen molar-refractivity contribution in [3.63, 3.8) is 0 Å². The molecule has 1 aromatic heterocycles. The molecule has 1 unspecified atom stereocenters. The summed E-state index contributed by atoms with van der Waals surface area (Å²) in [5.41, 5.74) is 2.73. The van der Waals surface area contributed by atoms with Gasteiger partial charge in [0.1, 0.15) is 5.82 Å². The fourth-order valence-electron chi connectivity index (χ4n) is 3.00. The van der Waals surface area contributed by atoms with Gasteiger partial charge in [0.2, 0.25) is 0 Å². The summed E-state index contributed by atoms with van der Waals surface area (Å²) in [6, 6.07) is 2.73. The molecule has 2 aliphatic heterocycles. The van der Waals surface area contributed by atoms with Crippen LogP contribution in [0.1, 0.15) is 36.4 Å². The molecule has 1 atom stereocenters. The number of pyridine rings is 1. The number of rotatable bonds is 2. The minimum atomic E-state index is 0.500. The molecule has 2 aliphatic rings. The number of aromatic nitrogens is 1. The summed E-state index contributed by atoms with van der Waals surface area (Å²) in [7, 11) is 0. The van der Waals surface area contributed by atoms with E-state index in [9.17, 15) is 0 Å². The zero-order valence-corrected chi connectivity index (χ0v) is 11.7. The van der Waals surface area contributed by atoms with E-state index in [0.717, 1.165) is 38.7 Å². The summed E-state index contributed by atoms with van der Waals surface area (Å²) in [6.07, 6.45) is 5.93. The van der Waals surface area contributed by atoms with Gasteiger partial charge in [-0.15, -0.1) is 0 Å². The predicted molar refractivity (Wildman–Crippen MR) is 76.6 cm³/mol. The van der Waals surface area contributed by atoms with Gasteiger partial charge in [0.05, 0.1) is 13.2 Å². The van der Waals surface area contributed by atoms with E-state index in [1.807, 2.05) is 0 Å². The maximum Gasteiger partial charge on any atom is 0.128 e. The number of piperidine rings is 1. The number of ether oxygens (including phenoxy) is 1. The quantitative estimate of drug-likeness (QED) is 0.884. The van der Waals surface area contributed by atoms with Crippen molar-refractivity contribution in [3.8, 4) is 0 Å². The molecular formula is C15H23N3O. The molecule has 19 heavy (non-hydrogen) atoms. The SMILES string of the molecule is Cc1cc(N2CCOCC2)ncc1C1CCCCN1. The number of anilines is 1. The highest BCUT2D eigenvalue weighted by molar-refractivity contribution is 5.44. The molecule has 4 nitrogen and oxygen atoms in total. The first-order valence-electron chi connectivity index (χ1n) is 7.37. The normalized spacial score (nSPS) is 24.5. The lowest BCUT2D eigenvalue weighted by Crippen LogP contribution is -2.37. The number of morpholine rings is 1. The maximum atomic E-state index is 5.39. The van der Waals surface area contributed by atoms with Gasteiger partial charge in [-0.05, 0) is 43.5 Å². The molecular weight excluding hydrogens is 238 g/mol. The number of nitrogens with zero attached hydrogens (tertiary/aromatic N) is 2. The van der Waals surface area contributed by atoms with Crippen LogP contribution < -0.4 is 10.2 Å². The third kappa shape index (κ3) is 2.90. The van der Waals surface area contributed by atoms with E-state index in [-0.39, 0.29) is 0 Å². The van der Waals surface area contributed by atoms with Gasteiger partial charge in [0.25, 0.3) is 0 Å². The van der Waals surface area contributed by atoms with Gasteiger partial charge in [-0.2, -0.15) is 0 Å². The van der Waals surface area contributed by atoms with Crippen LogP contribution in [0.25, 0.3) is 0 Å². The first kappa shape index (κ1) is 12.9. The molecule has 2 fully saturated rings. The summed E-state index contributed by atoms with van der Waals surface area (Å²) in [4.78, 5) is 6.98. The lowest BCUT2D eigenvalue weighted by Gasteiger charge is -2.29. The number of hydrogen-bond acceptors (Lipinski definition) is 4. The minimum absolute atomic E-state index is 0.500. The van der Waals surface area contributed by atoms with Crippen LogP contribution in [0, 0.1) is 6.92 Å². The molecule has 0 amide bonds.